The van der Waals surface area contributed by atoms with Crippen molar-refractivity contribution in [1.82, 2.24) is 4.90 Å². The monoisotopic (exact) mass is 415 g/mol. The van der Waals surface area contributed by atoms with E-state index in [4.69, 9.17) is 4.74 Å². The number of ether oxygens (including phenoxy) is 1. The van der Waals surface area contributed by atoms with E-state index in [-0.39, 0.29) is 23.6 Å². The van der Waals surface area contributed by atoms with Crippen LogP contribution >= 0.6 is 11.8 Å². The molecule has 29 heavy (non-hydrogen) atoms. The Bertz CT molecular complexity index is 995. The van der Waals surface area contributed by atoms with Crippen molar-refractivity contribution in [3.05, 3.63) is 59.9 Å². The Balaban J connectivity index is 1.71. The fraction of sp³-hybridized carbons (Fsp3) is 0.200. The van der Waals surface area contributed by atoms with E-state index < -0.39 is 22.9 Å². The molecule has 0 radical (unpaired) electrons. The molecule has 1 atom stereocenters. The lowest BCUT2D eigenvalue weighted by atomic mass is 10.1. The summed E-state index contributed by atoms with van der Waals surface area (Å²) < 4.78 is 18.5. The zero-order valence-electron chi connectivity index (χ0n) is 15.7. The van der Waals surface area contributed by atoms with Crippen LogP contribution in [-0.4, -0.2) is 47.3 Å². The number of methoxy groups -OCH3 is 1. The van der Waals surface area contributed by atoms with E-state index in [1.165, 1.54) is 37.3 Å². The minimum Gasteiger partial charge on any atom is -0.465 e. The number of esters is 1. The number of amides is 2. The second kappa shape index (κ2) is 8.87. The largest absolute Gasteiger partial charge is 0.465 e. The normalized spacial score (nSPS) is 17.5. The molecule has 1 aliphatic rings. The number of halogens is 1. The highest BCUT2D eigenvalue weighted by atomic mass is 32.2. The van der Waals surface area contributed by atoms with E-state index in [1.807, 2.05) is 0 Å². The van der Waals surface area contributed by atoms with Crippen LogP contribution in [0.15, 0.2) is 53.5 Å². The maximum Gasteiger partial charge on any atom is 0.339 e. The zero-order chi connectivity index (χ0) is 21.0. The van der Waals surface area contributed by atoms with Gasteiger partial charge in [-0.05, 0) is 24.3 Å². The Labute approximate surface area is 170 Å². The van der Waals surface area contributed by atoms with Gasteiger partial charge in [-0.25, -0.2) is 14.2 Å². The third kappa shape index (κ3) is 4.62. The highest BCUT2D eigenvalue weighted by Crippen LogP contribution is 2.31. The Kier molecular flexibility index (Phi) is 6.28. The average Bonchev–Trinajstić information content (AvgIpc) is 2.97. The zero-order valence-corrected chi connectivity index (χ0v) is 16.5. The molecule has 0 bridgehead atoms. The number of nitrogens with one attached hydrogen (secondary N) is 1. The molecule has 0 aliphatic carbocycles. The number of carbonyl (C=O) groups excluding carboxylic acids is 3. The Morgan fingerprint density at radius 2 is 1.90 bits per heavy atom. The summed E-state index contributed by atoms with van der Waals surface area (Å²) in [6, 6.07) is 12.4. The third-order valence-corrected chi connectivity index (χ3v) is 5.42. The van der Waals surface area contributed by atoms with Gasteiger partial charge in [0.2, 0.25) is 11.8 Å². The number of benzene rings is 2. The van der Waals surface area contributed by atoms with Gasteiger partial charge in [-0.15, -0.1) is 0 Å². The molecular weight excluding hydrogens is 397 g/mol. The maximum atomic E-state index is 13.8. The first-order valence-electron chi connectivity index (χ1n) is 8.65. The molecule has 1 heterocycles. The molecule has 3 rings (SSSR count). The first-order valence-corrected chi connectivity index (χ1v) is 9.53. The maximum absolute atomic E-state index is 13.8. The SMILES string of the molecule is COC(=O)c1ccccc1NC(=O)CC1SC(=Nc2ccccc2F)N(C)C1=O. The summed E-state index contributed by atoms with van der Waals surface area (Å²) in [5.74, 6) is -1.82. The molecule has 1 fully saturated rings. The molecule has 7 nitrogen and oxygen atoms in total. The van der Waals surface area contributed by atoms with Crippen molar-refractivity contribution < 1.29 is 23.5 Å². The number of nitrogens with zero attached hydrogens (tertiary/aromatic N) is 2. The van der Waals surface area contributed by atoms with Crippen LogP contribution in [0.5, 0.6) is 0 Å². The van der Waals surface area contributed by atoms with Gasteiger partial charge in [-0.2, -0.15) is 0 Å². The topological polar surface area (TPSA) is 88.1 Å². The number of hydrogen-bond acceptors (Lipinski definition) is 6. The summed E-state index contributed by atoms with van der Waals surface area (Å²) in [6.07, 6.45) is -0.125. The number of anilines is 1. The van der Waals surface area contributed by atoms with E-state index in [0.29, 0.717) is 10.9 Å². The van der Waals surface area contributed by atoms with E-state index in [2.05, 4.69) is 10.3 Å². The molecule has 1 aliphatic heterocycles. The van der Waals surface area contributed by atoms with Crippen molar-refractivity contribution in [3.63, 3.8) is 0 Å². The van der Waals surface area contributed by atoms with Gasteiger partial charge < -0.3 is 10.1 Å². The molecule has 1 saturated heterocycles. The number of rotatable bonds is 5. The molecule has 1 unspecified atom stereocenters. The Hall–Kier alpha value is -3.20. The van der Waals surface area contributed by atoms with Crippen LogP contribution in [0.1, 0.15) is 16.8 Å². The lowest BCUT2D eigenvalue weighted by Gasteiger charge is -2.11. The predicted octanol–water partition coefficient (Wildman–Crippen LogP) is 3.20. The van der Waals surface area contributed by atoms with Crippen LogP contribution in [0, 0.1) is 5.82 Å². The van der Waals surface area contributed by atoms with Crippen molar-refractivity contribution >= 4 is 46.1 Å². The van der Waals surface area contributed by atoms with Gasteiger partial charge in [0.25, 0.3) is 0 Å². The lowest BCUT2D eigenvalue weighted by Crippen LogP contribution is -2.30. The number of para-hydroxylation sites is 2. The molecule has 2 aromatic rings. The van der Waals surface area contributed by atoms with Gasteiger partial charge in [0.05, 0.1) is 18.4 Å². The van der Waals surface area contributed by atoms with Crippen LogP contribution in [0.25, 0.3) is 0 Å². The molecule has 2 aromatic carbocycles. The molecule has 2 amide bonds. The van der Waals surface area contributed by atoms with E-state index in [1.54, 1.807) is 30.3 Å². The summed E-state index contributed by atoms with van der Waals surface area (Å²) in [6.45, 7) is 0. The smallest absolute Gasteiger partial charge is 0.339 e. The standard InChI is InChI=1S/C20H18FN3O4S/c1-24-18(26)16(29-20(24)23-15-10-6-4-8-13(15)21)11-17(25)22-14-9-5-3-7-12(14)19(27)28-2/h3-10,16H,11H2,1-2H3,(H,22,25). The highest BCUT2D eigenvalue weighted by Gasteiger charge is 2.37. The number of amidine groups is 1. The van der Waals surface area contributed by atoms with Crippen LogP contribution in [0.3, 0.4) is 0 Å². The second-order valence-electron chi connectivity index (χ2n) is 6.14. The van der Waals surface area contributed by atoms with Gasteiger partial charge in [-0.1, -0.05) is 36.0 Å². The summed E-state index contributed by atoms with van der Waals surface area (Å²) in [7, 11) is 2.78. The lowest BCUT2D eigenvalue weighted by molar-refractivity contribution is -0.127. The second-order valence-corrected chi connectivity index (χ2v) is 7.31. The fourth-order valence-electron chi connectivity index (χ4n) is 2.69. The van der Waals surface area contributed by atoms with Crippen molar-refractivity contribution in [1.29, 1.82) is 0 Å². The van der Waals surface area contributed by atoms with Crippen LogP contribution < -0.4 is 5.32 Å². The van der Waals surface area contributed by atoms with Crippen LogP contribution in [0.4, 0.5) is 15.8 Å². The van der Waals surface area contributed by atoms with Gasteiger partial charge >= 0.3 is 5.97 Å². The number of aliphatic imine (C=N–C) groups is 1. The number of carbonyl (C=O) groups is 3. The minimum absolute atomic E-state index is 0.117. The fourth-order valence-corrected chi connectivity index (χ4v) is 3.84. The number of hydrogen-bond donors (Lipinski definition) is 1. The van der Waals surface area contributed by atoms with E-state index in [9.17, 15) is 18.8 Å². The average molecular weight is 415 g/mol. The summed E-state index contributed by atoms with van der Waals surface area (Å²) >= 11 is 1.09. The van der Waals surface area contributed by atoms with Crippen LogP contribution in [-0.2, 0) is 14.3 Å². The molecule has 1 N–H and O–H groups in total. The van der Waals surface area contributed by atoms with Crippen molar-refractivity contribution in [2.45, 2.75) is 11.7 Å². The Morgan fingerprint density at radius 1 is 1.21 bits per heavy atom. The molecular formula is C20H18FN3O4S. The molecule has 150 valence electrons. The summed E-state index contributed by atoms with van der Waals surface area (Å²) in [5.41, 5.74) is 0.632. The van der Waals surface area contributed by atoms with E-state index in [0.717, 1.165) is 11.8 Å². The first-order chi connectivity index (χ1) is 13.9. The molecule has 0 spiro atoms. The third-order valence-electron chi connectivity index (χ3n) is 4.19. The molecule has 0 aromatic heterocycles. The van der Waals surface area contributed by atoms with Crippen molar-refractivity contribution in [3.8, 4) is 0 Å². The van der Waals surface area contributed by atoms with Crippen molar-refractivity contribution in [2.24, 2.45) is 4.99 Å². The number of thioether (sulfide) groups is 1. The van der Waals surface area contributed by atoms with Gasteiger partial charge in [0.1, 0.15) is 16.8 Å². The highest BCUT2D eigenvalue weighted by molar-refractivity contribution is 8.15. The van der Waals surface area contributed by atoms with Gasteiger partial charge in [0.15, 0.2) is 5.17 Å². The van der Waals surface area contributed by atoms with Gasteiger partial charge in [-0.3, -0.25) is 14.5 Å². The Morgan fingerprint density at radius 3 is 2.62 bits per heavy atom. The quantitative estimate of drug-likeness (QED) is 0.758. The van der Waals surface area contributed by atoms with Crippen LogP contribution in [0.2, 0.25) is 0 Å². The predicted molar refractivity (Wildman–Crippen MR) is 109 cm³/mol. The van der Waals surface area contributed by atoms with Gasteiger partial charge in [0, 0.05) is 13.5 Å². The summed E-state index contributed by atoms with van der Waals surface area (Å²) in [4.78, 5) is 42.2. The molecule has 0 saturated carbocycles. The minimum atomic E-state index is -0.698. The van der Waals surface area contributed by atoms with Crippen molar-refractivity contribution in [2.75, 3.05) is 19.5 Å². The van der Waals surface area contributed by atoms with E-state index >= 15 is 0 Å². The molecule has 9 heteroatoms. The summed E-state index contributed by atoms with van der Waals surface area (Å²) in [5, 5.41) is 2.25. The first kappa shape index (κ1) is 20.5.